The van der Waals surface area contributed by atoms with Gasteiger partial charge in [-0.3, -0.25) is 0 Å². The van der Waals surface area contributed by atoms with Gasteiger partial charge >= 0.3 is 6.18 Å². The highest BCUT2D eigenvalue weighted by atomic mass is 19.4. The second-order valence-corrected chi connectivity index (χ2v) is 4.20. The van der Waals surface area contributed by atoms with Crippen LogP contribution >= 0.6 is 0 Å². The maximum atomic E-state index is 12.9. The number of ether oxygens (including phenoxy) is 1. The monoisotopic (exact) mass is 277 g/mol. The Kier molecular flexibility index (Phi) is 4.04. The van der Waals surface area contributed by atoms with Gasteiger partial charge in [0, 0.05) is 6.54 Å². The zero-order valence-electron chi connectivity index (χ0n) is 10.4. The summed E-state index contributed by atoms with van der Waals surface area (Å²) in [7, 11) is 5.39. The number of nitrogens with two attached hydrogens (primary N) is 1. The SMILES string of the molecule is [B]c1ccc(Oc2ccc(CN)cc2)c(C(F)(F)F)c1. The van der Waals surface area contributed by atoms with Gasteiger partial charge in [0.1, 0.15) is 19.3 Å². The predicted octanol–water partition coefficient (Wildman–Crippen LogP) is 2.75. The molecule has 0 aliphatic carbocycles. The van der Waals surface area contributed by atoms with Gasteiger partial charge in [-0.05, 0) is 23.8 Å². The maximum absolute atomic E-state index is 12.9. The van der Waals surface area contributed by atoms with Crippen molar-refractivity contribution in [1.29, 1.82) is 0 Å². The van der Waals surface area contributed by atoms with E-state index in [0.717, 1.165) is 11.6 Å². The van der Waals surface area contributed by atoms with Crippen LogP contribution in [-0.2, 0) is 12.7 Å². The number of hydrogen-bond acceptors (Lipinski definition) is 2. The predicted molar refractivity (Wildman–Crippen MR) is 71.2 cm³/mol. The van der Waals surface area contributed by atoms with Crippen LogP contribution in [0.3, 0.4) is 0 Å². The van der Waals surface area contributed by atoms with E-state index in [1.165, 1.54) is 12.1 Å². The minimum absolute atomic E-state index is 0.0307. The highest BCUT2D eigenvalue weighted by Crippen LogP contribution is 2.37. The Morgan fingerprint density at radius 1 is 1.05 bits per heavy atom. The topological polar surface area (TPSA) is 35.2 Å². The zero-order chi connectivity index (χ0) is 14.8. The van der Waals surface area contributed by atoms with E-state index in [1.54, 1.807) is 24.3 Å². The second-order valence-electron chi connectivity index (χ2n) is 4.20. The molecule has 0 saturated carbocycles. The molecular formula is C14H11BF3NO. The van der Waals surface area contributed by atoms with Gasteiger partial charge in [0.15, 0.2) is 0 Å². The molecule has 0 atom stereocenters. The Morgan fingerprint density at radius 2 is 1.70 bits per heavy atom. The van der Waals surface area contributed by atoms with Crippen molar-refractivity contribution in [1.82, 2.24) is 0 Å². The average molecular weight is 277 g/mol. The van der Waals surface area contributed by atoms with Crippen molar-refractivity contribution in [2.24, 2.45) is 5.73 Å². The first-order chi connectivity index (χ1) is 9.40. The van der Waals surface area contributed by atoms with Crippen molar-refractivity contribution < 1.29 is 17.9 Å². The highest BCUT2D eigenvalue weighted by Gasteiger charge is 2.34. The molecule has 0 amide bonds. The first kappa shape index (κ1) is 14.5. The third-order valence-corrected chi connectivity index (χ3v) is 2.70. The summed E-state index contributed by atoms with van der Waals surface area (Å²) in [5.74, 6) is 0.0182. The molecule has 0 heterocycles. The molecule has 0 saturated heterocycles. The van der Waals surface area contributed by atoms with E-state index >= 15 is 0 Å². The zero-order valence-corrected chi connectivity index (χ0v) is 10.4. The lowest BCUT2D eigenvalue weighted by Crippen LogP contribution is -2.12. The molecule has 2 aromatic rings. The molecule has 0 unspecified atom stereocenters. The van der Waals surface area contributed by atoms with E-state index in [4.69, 9.17) is 18.3 Å². The third-order valence-electron chi connectivity index (χ3n) is 2.70. The maximum Gasteiger partial charge on any atom is 0.419 e. The van der Waals surface area contributed by atoms with Gasteiger partial charge in [-0.25, -0.2) is 0 Å². The van der Waals surface area contributed by atoms with Crippen molar-refractivity contribution in [2.45, 2.75) is 12.7 Å². The van der Waals surface area contributed by atoms with Gasteiger partial charge in [-0.2, -0.15) is 13.2 Å². The largest absolute Gasteiger partial charge is 0.457 e. The summed E-state index contributed by atoms with van der Waals surface area (Å²) in [5.41, 5.74) is 5.44. The summed E-state index contributed by atoms with van der Waals surface area (Å²) in [6.07, 6.45) is -4.53. The summed E-state index contributed by atoms with van der Waals surface area (Å²) >= 11 is 0. The summed E-state index contributed by atoms with van der Waals surface area (Å²) in [4.78, 5) is 0. The highest BCUT2D eigenvalue weighted by molar-refractivity contribution is 6.32. The molecule has 20 heavy (non-hydrogen) atoms. The lowest BCUT2D eigenvalue weighted by molar-refractivity contribution is -0.138. The van der Waals surface area contributed by atoms with Crippen LogP contribution in [0, 0.1) is 0 Å². The van der Waals surface area contributed by atoms with E-state index in [-0.39, 0.29) is 11.2 Å². The number of rotatable bonds is 3. The molecule has 0 aliphatic heterocycles. The average Bonchev–Trinajstić information content (AvgIpc) is 2.40. The van der Waals surface area contributed by atoms with Crippen LogP contribution in [0.4, 0.5) is 13.2 Å². The van der Waals surface area contributed by atoms with Crippen molar-refractivity contribution in [3.05, 3.63) is 53.6 Å². The molecule has 0 spiro atoms. The van der Waals surface area contributed by atoms with Crippen LogP contribution in [0.5, 0.6) is 11.5 Å². The minimum atomic E-state index is -4.53. The normalized spacial score (nSPS) is 11.4. The molecular weight excluding hydrogens is 266 g/mol. The van der Waals surface area contributed by atoms with Gasteiger partial charge in [-0.1, -0.05) is 29.7 Å². The van der Waals surface area contributed by atoms with E-state index in [9.17, 15) is 13.2 Å². The third kappa shape index (κ3) is 3.33. The Morgan fingerprint density at radius 3 is 2.25 bits per heavy atom. The quantitative estimate of drug-likeness (QED) is 0.875. The van der Waals surface area contributed by atoms with E-state index in [0.29, 0.717) is 12.3 Å². The molecule has 2 nitrogen and oxygen atoms in total. The summed E-state index contributed by atoms with van der Waals surface area (Å²) in [6, 6.07) is 9.94. The van der Waals surface area contributed by atoms with Crippen molar-refractivity contribution in [3.63, 3.8) is 0 Å². The van der Waals surface area contributed by atoms with Crippen LogP contribution in [0.2, 0.25) is 0 Å². The summed E-state index contributed by atoms with van der Waals surface area (Å²) < 4.78 is 44.0. The Labute approximate surface area is 115 Å². The van der Waals surface area contributed by atoms with Crippen LogP contribution in [0.15, 0.2) is 42.5 Å². The lowest BCUT2D eigenvalue weighted by atomic mass is 9.94. The molecule has 0 fully saturated rings. The minimum Gasteiger partial charge on any atom is -0.457 e. The van der Waals surface area contributed by atoms with Gasteiger partial charge in [-0.15, -0.1) is 0 Å². The standard InChI is InChI=1S/C14H11BF3NO/c15-10-3-6-13(12(7-10)14(16,17)18)20-11-4-1-9(8-19)2-5-11/h1-7H,8,19H2. The van der Waals surface area contributed by atoms with E-state index in [2.05, 4.69) is 0 Å². The van der Waals surface area contributed by atoms with Gasteiger partial charge < -0.3 is 10.5 Å². The van der Waals surface area contributed by atoms with Crippen LogP contribution < -0.4 is 15.9 Å². The first-order valence-electron chi connectivity index (χ1n) is 5.84. The molecule has 6 heteroatoms. The van der Waals surface area contributed by atoms with Gasteiger partial charge in [0.2, 0.25) is 0 Å². The fraction of sp³-hybridized carbons (Fsp3) is 0.143. The lowest BCUT2D eigenvalue weighted by Gasteiger charge is -2.14. The fourth-order valence-corrected chi connectivity index (χ4v) is 1.68. The molecule has 102 valence electrons. The van der Waals surface area contributed by atoms with Crippen LogP contribution in [0.1, 0.15) is 11.1 Å². The first-order valence-corrected chi connectivity index (χ1v) is 5.84. The molecule has 2 aromatic carbocycles. The van der Waals surface area contributed by atoms with Crippen LogP contribution in [0.25, 0.3) is 0 Å². The number of hydrogen-bond donors (Lipinski definition) is 1. The van der Waals surface area contributed by atoms with E-state index < -0.39 is 11.7 Å². The summed E-state index contributed by atoms with van der Waals surface area (Å²) in [5, 5.41) is 0. The second kappa shape index (κ2) is 5.59. The Bertz CT molecular complexity index is 596. The number of halogens is 3. The van der Waals surface area contributed by atoms with Gasteiger partial charge in [0.25, 0.3) is 0 Å². The smallest absolute Gasteiger partial charge is 0.419 e. The molecule has 0 bridgehead atoms. The summed E-state index contributed by atoms with van der Waals surface area (Å²) in [6.45, 7) is 0.357. The molecule has 2 N–H and O–H groups in total. The molecule has 2 radical (unpaired) electrons. The van der Waals surface area contributed by atoms with Gasteiger partial charge in [0.05, 0.1) is 5.56 Å². The Hall–Kier alpha value is -1.95. The fourth-order valence-electron chi connectivity index (χ4n) is 1.68. The molecule has 2 rings (SSSR count). The molecule has 0 aliphatic rings. The van der Waals surface area contributed by atoms with E-state index in [1.807, 2.05) is 0 Å². The number of benzene rings is 2. The molecule has 0 aromatic heterocycles. The van der Waals surface area contributed by atoms with Crippen molar-refractivity contribution in [3.8, 4) is 11.5 Å². The van der Waals surface area contributed by atoms with Crippen LogP contribution in [-0.4, -0.2) is 7.85 Å². The van der Waals surface area contributed by atoms with Crippen molar-refractivity contribution in [2.75, 3.05) is 0 Å². The Balaban J connectivity index is 2.32. The van der Waals surface area contributed by atoms with Crippen molar-refractivity contribution >= 4 is 13.3 Å². The number of alkyl halides is 3.